The first-order valence-electron chi connectivity index (χ1n) is 5.24. The van der Waals surface area contributed by atoms with Crippen LogP contribution in [0.15, 0.2) is 0 Å². The van der Waals surface area contributed by atoms with Crippen molar-refractivity contribution in [2.24, 2.45) is 5.92 Å². The Morgan fingerprint density at radius 2 is 1.86 bits per heavy atom. The van der Waals surface area contributed by atoms with E-state index in [-0.39, 0.29) is 5.60 Å². The molecule has 0 fully saturated rings. The van der Waals surface area contributed by atoms with Crippen LogP contribution in [0.3, 0.4) is 0 Å². The summed E-state index contributed by atoms with van der Waals surface area (Å²) >= 11 is 3.65. The van der Waals surface area contributed by atoms with Gasteiger partial charge in [-0.1, -0.05) is 22.9 Å². The van der Waals surface area contributed by atoms with E-state index in [0.29, 0.717) is 17.4 Å². The standard InChI is InChI=1S/C11H23BrO2/c1-9(7-8-13)5-6-10(12)11(2,3)14-4/h9-10,13H,5-8H2,1-4H3/t9-,10?/m1/s1. The molecule has 14 heavy (non-hydrogen) atoms. The third-order valence-electron chi connectivity index (χ3n) is 2.82. The molecule has 2 atom stereocenters. The van der Waals surface area contributed by atoms with Crippen molar-refractivity contribution in [3.05, 3.63) is 0 Å². The number of methoxy groups -OCH3 is 1. The Morgan fingerprint density at radius 1 is 1.29 bits per heavy atom. The van der Waals surface area contributed by atoms with E-state index >= 15 is 0 Å². The summed E-state index contributed by atoms with van der Waals surface area (Å²) in [6.45, 7) is 6.64. The summed E-state index contributed by atoms with van der Waals surface area (Å²) in [6, 6.07) is 0. The summed E-state index contributed by atoms with van der Waals surface area (Å²) in [5.74, 6) is 0.590. The molecule has 0 aliphatic rings. The molecular weight excluding hydrogens is 244 g/mol. The van der Waals surface area contributed by atoms with E-state index in [1.54, 1.807) is 7.11 Å². The molecule has 0 bridgehead atoms. The summed E-state index contributed by atoms with van der Waals surface area (Å²) in [4.78, 5) is 0.376. The zero-order valence-corrected chi connectivity index (χ0v) is 11.3. The summed E-state index contributed by atoms with van der Waals surface area (Å²) in [5, 5.41) is 8.77. The van der Waals surface area contributed by atoms with Crippen LogP contribution in [0.1, 0.15) is 40.0 Å². The lowest BCUT2D eigenvalue weighted by Crippen LogP contribution is -2.34. The smallest absolute Gasteiger partial charge is 0.0747 e. The normalized spacial score (nSPS) is 16.7. The molecule has 0 radical (unpaired) electrons. The van der Waals surface area contributed by atoms with Crippen LogP contribution in [0.5, 0.6) is 0 Å². The molecule has 0 aliphatic carbocycles. The molecule has 3 heteroatoms. The molecule has 0 aliphatic heterocycles. The highest BCUT2D eigenvalue weighted by Gasteiger charge is 2.26. The van der Waals surface area contributed by atoms with Crippen molar-refractivity contribution in [2.75, 3.05) is 13.7 Å². The van der Waals surface area contributed by atoms with Gasteiger partial charge < -0.3 is 9.84 Å². The highest BCUT2D eigenvalue weighted by molar-refractivity contribution is 9.09. The summed E-state index contributed by atoms with van der Waals surface area (Å²) in [6.07, 6.45) is 3.11. The fraction of sp³-hybridized carbons (Fsp3) is 1.00. The van der Waals surface area contributed by atoms with E-state index in [1.807, 2.05) is 0 Å². The van der Waals surface area contributed by atoms with E-state index in [9.17, 15) is 0 Å². The third-order valence-corrected chi connectivity index (χ3v) is 4.38. The maximum atomic E-state index is 8.77. The van der Waals surface area contributed by atoms with Crippen molar-refractivity contribution in [1.82, 2.24) is 0 Å². The molecule has 0 saturated carbocycles. The predicted molar refractivity (Wildman–Crippen MR) is 63.9 cm³/mol. The van der Waals surface area contributed by atoms with Crippen LogP contribution in [0, 0.1) is 5.92 Å². The van der Waals surface area contributed by atoms with Crippen LogP contribution in [-0.4, -0.2) is 29.3 Å². The van der Waals surface area contributed by atoms with Gasteiger partial charge in [-0.25, -0.2) is 0 Å². The molecule has 2 nitrogen and oxygen atoms in total. The largest absolute Gasteiger partial charge is 0.396 e. The number of aliphatic hydroxyl groups excluding tert-OH is 1. The average Bonchev–Trinajstić information content (AvgIpc) is 2.14. The van der Waals surface area contributed by atoms with Gasteiger partial charge in [-0.15, -0.1) is 0 Å². The second-order valence-electron chi connectivity index (χ2n) is 4.47. The minimum atomic E-state index is -0.112. The lowest BCUT2D eigenvalue weighted by atomic mass is 9.95. The van der Waals surface area contributed by atoms with E-state index in [2.05, 4.69) is 36.7 Å². The van der Waals surface area contributed by atoms with Gasteiger partial charge in [0.05, 0.1) is 5.60 Å². The van der Waals surface area contributed by atoms with Crippen LogP contribution >= 0.6 is 15.9 Å². The van der Waals surface area contributed by atoms with Crippen LogP contribution < -0.4 is 0 Å². The van der Waals surface area contributed by atoms with E-state index in [1.165, 1.54) is 0 Å². The summed E-state index contributed by atoms with van der Waals surface area (Å²) in [5.41, 5.74) is -0.112. The van der Waals surface area contributed by atoms with Crippen molar-refractivity contribution in [3.8, 4) is 0 Å². The van der Waals surface area contributed by atoms with Crippen LogP contribution in [0.4, 0.5) is 0 Å². The van der Waals surface area contributed by atoms with E-state index in [4.69, 9.17) is 9.84 Å². The first-order valence-corrected chi connectivity index (χ1v) is 6.15. The summed E-state index contributed by atoms with van der Waals surface area (Å²) in [7, 11) is 1.74. The Labute approximate surface area is 96.2 Å². The second kappa shape index (κ2) is 6.81. The van der Waals surface area contributed by atoms with Crippen molar-refractivity contribution in [3.63, 3.8) is 0 Å². The third kappa shape index (κ3) is 5.32. The zero-order chi connectivity index (χ0) is 11.2. The van der Waals surface area contributed by atoms with Gasteiger partial charge in [0.2, 0.25) is 0 Å². The van der Waals surface area contributed by atoms with Gasteiger partial charge in [-0.05, 0) is 39.0 Å². The molecule has 0 aromatic heterocycles. The topological polar surface area (TPSA) is 29.5 Å². The number of rotatable bonds is 7. The minimum absolute atomic E-state index is 0.112. The first kappa shape index (κ1) is 14.4. The van der Waals surface area contributed by atoms with Gasteiger partial charge in [0.15, 0.2) is 0 Å². The van der Waals surface area contributed by atoms with Gasteiger partial charge in [0, 0.05) is 18.5 Å². The fourth-order valence-electron chi connectivity index (χ4n) is 1.27. The Kier molecular flexibility index (Phi) is 7.00. The summed E-state index contributed by atoms with van der Waals surface area (Å²) < 4.78 is 5.40. The predicted octanol–water partition coefficient (Wildman–Crippen LogP) is 2.97. The SMILES string of the molecule is COC(C)(C)C(Br)CC[C@@H](C)CCO. The maximum Gasteiger partial charge on any atom is 0.0747 e. The van der Waals surface area contributed by atoms with Crippen LogP contribution in [0.2, 0.25) is 0 Å². The van der Waals surface area contributed by atoms with E-state index in [0.717, 1.165) is 19.3 Å². The average molecular weight is 267 g/mol. The van der Waals surface area contributed by atoms with Gasteiger partial charge in [-0.3, -0.25) is 0 Å². The Morgan fingerprint density at radius 3 is 2.29 bits per heavy atom. The Balaban J connectivity index is 3.78. The molecular formula is C11H23BrO2. The minimum Gasteiger partial charge on any atom is -0.396 e. The highest BCUT2D eigenvalue weighted by atomic mass is 79.9. The van der Waals surface area contributed by atoms with Crippen molar-refractivity contribution in [2.45, 2.75) is 50.5 Å². The van der Waals surface area contributed by atoms with E-state index < -0.39 is 0 Å². The second-order valence-corrected chi connectivity index (χ2v) is 5.58. The number of halogens is 1. The monoisotopic (exact) mass is 266 g/mol. The molecule has 86 valence electrons. The molecule has 0 aromatic carbocycles. The van der Waals surface area contributed by atoms with Gasteiger partial charge in [0.25, 0.3) is 0 Å². The Hall–Kier alpha value is 0.400. The van der Waals surface area contributed by atoms with Crippen molar-refractivity contribution in [1.29, 1.82) is 0 Å². The fourth-order valence-corrected chi connectivity index (χ4v) is 1.72. The zero-order valence-electron chi connectivity index (χ0n) is 9.72. The van der Waals surface area contributed by atoms with Gasteiger partial charge in [-0.2, -0.15) is 0 Å². The molecule has 0 spiro atoms. The first-order chi connectivity index (χ1) is 6.44. The molecule has 1 unspecified atom stereocenters. The number of hydrogen-bond acceptors (Lipinski definition) is 2. The Bertz CT molecular complexity index is 148. The van der Waals surface area contributed by atoms with Gasteiger partial charge >= 0.3 is 0 Å². The molecule has 0 saturated heterocycles. The number of ether oxygens (including phenoxy) is 1. The number of alkyl halides is 1. The number of hydrogen-bond donors (Lipinski definition) is 1. The van der Waals surface area contributed by atoms with Crippen molar-refractivity contribution >= 4 is 15.9 Å². The number of aliphatic hydroxyl groups is 1. The molecule has 1 N–H and O–H groups in total. The van der Waals surface area contributed by atoms with Gasteiger partial charge in [0.1, 0.15) is 0 Å². The van der Waals surface area contributed by atoms with Crippen molar-refractivity contribution < 1.29 is 9.84 Å². The van der Waals surface area contributed by atoms with Crippen LogP contribution in [0.25, 0.3) is 0 Å². The molecule has 0 aromatic rings. The molecule has 0 rings (SSSR count). The molecule has 0 amide bonds. The lowest BCUT2D eigenvalue weighted by molar-refractivity contribution is 0.0197. The van der Waals surface area contributed by atoms with Crippen LogP contribution in [-0.2, 0) is 4.74 Å². The quantitative estimate of drug-likeness (QED) is 0.718. The highest BCUT2D eigenvalue weighted by Crippen LogP contribution is 2.27. The molecule has 0 heterocycles. The maximum absolute atomic E-state index is 8.77. The lowest BCUT2D eigenvalue weighted by Gasteiger charge is -2.29.